The van der Waals surface area contributed by atoms with Crippen LogP contribution in [0.3, 0.4) is 0 Å². The van der Waals surface area contributed by atoms with Crippen molar-refractivity contribution in [1.82, 2.24) is 9.80 Å². The van der Waals surface area contributed by atoms with Crippen molar-refractivity contribution >= 4 is 23.6 Å². The lowest BCUT2D eigenvalue weighted by atomic mass is 10.1. The van der Waals surface area contributed by atoms with Crippen molar-refractivity contribution in [3.8, 4) is 11.5 Å². The second-order valence-electron chi connectivity index (χ2n) is 7.10. The summed E-state index contributed by atoms with van der Waals surface area (Å²) in [5, 5.41) is 0.480. The summed E-state index contributed by atoms with van der Waals surface area (Å²) >= 11 is 6.29. The third-order valence-electron chi connectivity index (χ3n) is 5.43. The van der Waals surface area contributed by atoms with Gasteiger partial charge in [-0.3, -0.25) is 9.69 Å². The lowest BCUT2D eigenvalue weighted by Crippen LogP contribution is -2.51. The Morgan fingerprint density at radius 3 is 2.56 bits per heavy atom. The molecule has 1 aliphatic heterocycles. The SMILES string of the molecule is CCOc1c(Cl)cc(/C=C/C(=O)N2CCN(C3CCCC3)CC2)cc1OC. The molecule has 148 valence electrons. The van der Waals surface area contributed by atoms with E-state index in [1.54, 1.807) is 25.3 Å². The molecule has 1 saturated heterocycles. The highest BCUT2D eigenvalue weighted by molar-refractivity contribution is 6.32. The Morgan fingerprint density at radius 2 is 1.93 bits per heavy atom. The molecule has 0 radical (unpaired) electrons. The molecule has 27 heavy (non-hydrogen) atoms. The van der Waals surface area contributed by atoms with Crippen molar-refractivity contribution in [3.05, 3.63) is 28.8 Å². The Labute approximate surface area is 166 Å². The molecule has 3 rings (SSSR count). The standard InChI is InChI=1S/C21H29ClN2O3/c1-3-27-21-18(22)14-16(15-19(21)26-2)8-9-20(25)24-12-10-23(11-13-24)17-6-4-5-7-17/h8-9,14-15,17H,3-7,10-13H2,1-2H3/b9-8+. The summed E-state index contributed by atoms with van der Waals surface area (Å²) in [6, 6.07) is 4.35. The number of methoxy groups -OCH3 is 1. The first-order valence-electron chi connectivity index (χ1n) is 9.83. The van der Waals surface area contributed by atoms with Crippen LogP contribution in [0.4, 0.5) is 0 Å². The zero-order valence-corrected chi connectivity index (χ0v) is 17.0. The first-order valence-corrected chi connectivity index (χ1v) is 10.2. The van der Waals surface area contributed by atoms with Crippen molar-refractivity contribution in [3.63, 3.8) is 0 Å². The highest BCUT2D eigenvalue weighted by Crippen LogP contribution is 2.36. The number of nitrogens with zero attached hydrogens (tertiary/aromatic N) is 2. The maximum atomic E-state index is 12.5. The number of rotatable bonds is 6. The van der Waals surface area contributed by atoms with Crippen LogP contribution < -0.4 is 9.47 Å². The molecule has 1 aliphatic carbocycles. The van der Waals surface area contributed by atoms with Crippen molar-refractivity contribution in [2.45, 2.75) is 38.6 Å². The summed E-state index contributed by atoms with van der Waals surface area (Å²) in [4.78, 5) is 17.0. The number of halogens is 1. The fourth-order valence-corrected chi connectivity index (χ4v) is 4.24. The van der Waals surface area contributed by atoms with Crippen LogP contribution in [0.25, 0.3) is 6.08 Å². The minimum absolute atomic E-state index is 0.0463. The van der Waals surface area contributed by atoms with E-state index in [0.29, 0.717) is 23.1 Å². The highest BCUT2D eigenvalue weighted by Gasteiger charge is 2.27. The number of piperazine rings is 1. The fraction of sp³-hybridized carbons (Fsp3) is 0.571. The molecule has 1 aromatic rings. The summed E-state index contributed by atoms with van der Waals surface area (Å²) < 4.78 is 10.9. The smallest absolute Gasteiger partial charge is 0.246 e. The molecule has 0 N–H and O–H groups in total. The van der Waals surface area contributed by atoms with Crippen molar-refractivity contribution in [2.75, 3.05) is 39.9 Å². The molecule has 1 aromatic carbocycles. The van der Waals surface area contributed by atoms with E-state index in [1.165, 1.54) is 25.7 Å². The van der Waals surface area contributed by atoms with E-state index in [4.69, 9.17) is 21.1 Å². The number of benzene rings is 1. The van der Waals surface area contributed by atoms with Gasteiger partial charge in [-0.1, -0.05) is 24.4 Å². The van der Waals surface area contributed by atoms with Crippen LogP contribution >= 0.6 is 11.6 Å². The van der Waals surface area contributed by atoms with Gasteiger partial charge in [0, 0.05) is 38.3 Å². The third-order valence-corrected chi connectivity index (χ3v) is 5.71. The number of carbonyl (C=O) groups is 1. The topological polar surface area (TPSA) is 42.0 Å². The number of amides is 1. The molecule has 0 atom stereocenters. The Kier molecular flexibility index (Phi) is 7.02. The quantitative estimate of drug-likeness (QED) is 0.689. The Balaban J connectivity index is 1.59. The van der Waals surface area contributed by atoms with Gasteiger partial charge in [0.1, 0.15) is 0 Å². The van der Waals surface area contributed by atoms with Gasteiger partial charge < -0.3 is 14.4 Å². The number of hydrogen-bond donors (Lipinski definition) is 0. The number of ether oxygens (including phenoxy) is 2. The van der Waals surface area contributed by atoms with Crippen molar-refractivity contribution < 1.29 is 14.3 Å². The molecule has 2 fully saturated rings. The van der Waals surface area contributed by atoms with Crippen LogP contribution in [0.15, 0.2) is 18.2 Å². The van der Waals surface area contributed by atoms with E-state index in [0.717, 1.165) is 37.8 Å². The van der Waals surface area contributed by atoms with Gasteiger partial charge in [-0.05, 0) is 43.5 Å². The summed E-state index contributed by atoms with van der Waals surface area (Å²) in [5.74, 6) is 1.15. The summed E-state index contributed by atoms with van der Waals surface area (Å²) in [7, 11) is 1.58. The maximum absolute atomic E-state index is 12.5. The Bertz CT molecular complexity index is 678. The van der Waals surface area contributed by atoms with Gasteiger partial charge in [0.05, 0.1) is 18.7 Å². The minimum atomic E-state index is 0.0463. The van der Waals surface area contributed by atoms with E-state index in [2.05, 4.69) is 4.90 Å². The molecule has 1 saturated carbocycles. The monoisotopic (exact) mass is 392 g/mol. The lowest BCUT2D eigenvalue weighted by Gasteiger charge is -2.37. The van der Waals surface area contributed by atoms with Gasteiger partial charge in [0.15, 0.2) is 11.5 Å². The second-order valence-corrected chi connectivity index (χ2v) is 7.51. The number of hydrogen-bond acceptors (Lipinski definition) is 4. The summed E-state index contributed by atoms with van der Waals surface area (Å²) in [6.45, 7) is 5.96. The lowest BCUT2D eigenvalue weighted by molar-refractivity contribution is -0.127. The number of carbonyl (C=O) groups excluding carboxylic acids is 1. The van der Waals surface area contributed by atoms with Gasteiger partial charge in [0.2, 0.25) is 5.91 Å². The molecule has 0 unspecified atom stereocenters. The van der Waals surface area contributed by atoms with Gasteiger partial charge in [0.25, 0.3) is 0 Å². The van der Waals surface area contributed by atoms with Crippen molar-refractivity contribution in [2.24, 2.45) is 0 Å². The van der Waals surface area contributed by atoms with E-state index < -0.39 is 0 Å². The van der Waals surface area contributed by atoms with Gasteiger partial charge in [-0.25, -0.2) is 0 Å². The molecule has 2 aliphatic rings. The Hall–Kier alpha value is -1.72. The second kappa shape index (κ2) is 9.47. The molecule has 6 heteroatoms. The molecule has 0 spiro atoms. The normalized spacial score (nSPS) is 19.0. The molecule has 1 heterocycles. The maximum Gasteiger partial charge on any atom is 0.246 e. The van der Waals surface area contributed by atoms with E-state index >= 15 is 0 Å². The highest BCUT2D eigenvalue weighted by atomic mass is 35.5. The van der Waals surface area contributed by atoms with Gasteiger partial charge >= 0.3 is 0 Å². The predicted molar refractivity (Wildman–Crippen MR) is 109 cm³/mol. The molecule has 0 bridgehead atoms. The van der Waals surface area contributed by atoms with Crippen LogP contribution in [-0.4, -0.2) is 61.6 Å². The Morgan fingerprint density at radius 1 is 1.22 bits per heavy atom. The van der Waals surface area contributed by atoms with E-state index in [1.807, 2.05) is 17.9 Å². The summed E-state index contributed by atoms with van der Waals surface area (Å²) in [6.07, 6.45) is 8.73. The molecular formula is C21H29ClN2O3. The average Bonchev–Trinajstić information content (AvgIpc) is 3.23. The first kappa shape index (κ1) is 20.0. The van der Waals surface area contributed by atoms with Crippen LogP contribution in [-0.2, 0) is 4.79 Å². The van der Waals surface area contributed by atoms with Gasteiger partial charge in [-0.15, -0.1) is 0 Å². The zero-order valence-electron chi connectivity index (χ0n) is 16.2. The molecular weight excluding hydrogens is 364 g/mol. The van der Waals surface area contributed by atoms with E-state index in [9.17, 15) is 4.79 Å². The van der Waals surface area contributed by atoms with Crippen LogP contribution in [0.2, 0.25) is 5.02 Å². The predicted octanol–water partition coefficient (Wildman–Crippen LogP) is 3.85. The first-order chi connectivity index (χ1) is 13.1. The van der Waals surface area contributed by atoms with Crippen LogP contribution in [0.5, 0.6) is 11.5 Å². The molecule has 1 amide bonds. The largest absolute Gasteiger partial charge is 0.493 e. The fourth-order valence-electron chi connectivity index (χ4n) is 3.97. The average molecular weight is 393 g/mol. The van der Waals surface area contributed by atoms with Crippen LogP contribution in [0, 0.1) is 0 Å². The summed E-state index contributed by atoms with van der Waals surface area (Å²) in [5.41, 5.74) is 0.818. The molecule has 0 aromatic heterocycles. The minimum Gasteiger partial charge on any atom is -0.493 e. The zero-order chi connectivity index (χ0) is 19.2. The third kappa shape index (κ3) is 4.96. The van der Waals surface area contributed by atoms with Gasteiger partial charge in [-0.2, -0.15) is 0 Å². The van der Waals surface area contributed by atoms with Crippen LogP contribution in [0.1, 0.15) is 38.2 Å². The van der Waals surface area contributed by atoms with E-state index in [-0.39, 0.29) is 5.91 Å². The van der Waals surface area contributed by atoms with Crippen molar-refractivity contribution in [1.29, 1.82) is 0 Å². The molecule has 5 nitrogen and oxygen atoms in total.